The molecule has 2 N–H and O–H groups in total. The molecular weight excluding hydrogens is 368 g/mol. The molecule has 0 fully saturated rings. The largest absolute Gasteiger partial charge is 0.396 e. The third kappa shape index (κ3) is 2.95. The monoisotopic (exact) mass is 380 g/mol. The molecule has 2 aromatic heterocycles. The van der Waals surface area contributed by atoms with E-state index in [1.54, 1.807) is 23.1 Å². The number of halogens is 2. The maximum atomic E-state index is 9.36. The highest BCUT2D eigenvalue weighted by atomic mass is 79.9. The molecule has 0 aliphatic rings. The predicted octanol–water partition coefficient (Wildman–Crippen LogP) is 3.68. The van der Waals surface area contributed by atoms with E-state index in [2.05, 4.69) is 31.3 Å². The Hall–Kier alpha value is -1.63. The van der Waals surface area contributed by atoms with E-state index >= 15 is 0 Å². The number of aromatic nitrogens is 3. The molecule has 2 heterocycles. The van der Waals surface area contributed by atoms with E-state index in [1.165, 1.54) is 0 Å². The normalized spacial score (nSPS) is 12.5. The van der Waals surface area contributed by atoms with Crippen molar-refractivity contribution in [2.24, 2.45) is 0 Å². The summed E-state index contributed by atoms with van der Waals surface area (Å²) in [6, 6.07) is 7.45. The summed E-state index contributed by atoms with van der Waals surface area (Å²) in [6.07, 6.45) is 5.70. The van der Waals surface area contributed by atoms with Gasteiger partial charge in [0.25, 0.3) is 0 Å². The Kier molecular flexibility index (Phi) is 4.61. The van der Waals surface area contributed by atoms with Crippen LogP contribution >= 0.6 is 27.5 Å². The van der Waals surface area contributed by atoms with Gasteiger partial charge in [-0.25, -0.2) is 9.50 Å². The van der Waals surface area contributed by atoms with E-state index in [9.17, 15) is 5.11 Å². The van der Waals surface area contributed by atoms with Crippen molar-refractivity contribution in [2.75, 3.05) is 11.9 Å². The first-order chi connectivity index (χ1) is 10.7. The highest BCUT2D eigenvalue weighted by Crippen LogP contribution is 2.31. The molecule has 114 valence electrons. The molecular formula is C15H14BrClN4O. The van der Waals surface area contributed by atoms with Gasteiger partial charge in [0.2, 0.25) is 0 Å². The number of nitrogens with one attached hydrogen (secondary N) is 1. The summed E-state index contributed by atoms with van der Waals surface area (Å²) in [5, 5.41) is 17.6. The van der Waals surface area contributed by atoms with Crippen LogP contribution in [-0.4, -0.2) is 26.3 Å². The molecule has 1 unspecified atom stereocenters. The average Bonchev–Trinajstić information content (AvgIpc) is 2.90. The SMILES string of the molecule is OCCC(Nc1nccn2ncc(Br)c12)c1ccccc1Cl. The van der Waals surface area contributed by atoms with Gasteiger partial charge in [0.05, 0.1) is 16.7 Å². The molecule has 0 amide bonds. The molecule has 0 spiro atoms. The second kappa shape index (κ2) is 6.64. The molecule has 5 nitrogen and oxygen atoms in total. The summed E-state index contributed by atoms with van der Waals surface area (Å²) >= 11 is 9.76. The minimum absolute atomic E-state index is 0.0481. The standard InChI is InChI=1S/C15H14BrClN4O/c16-11-9-19-21-7-6-18-15(14(11)21)20-13(5-8-22)10-3-1-2-4-12(10)17/h1-4,6-7,9,13,22H,5,8H2,(H,18,20). The fourth-order valence-electron chi connectivity index (χ4n) is 2.37. The van der Waals surface area contributed by atoms with Crippen molar-refractivity contribution >= 4 is 38.9 Å². The van der Waals surface area contributed by atoms with Gasteiger partial charge in [-0.2, -0.15) is 5.10 Å². The molecule has 0 radical (unpaired) electrons. The molecule has 0 aliphatic carbocycles. The molecule has 7 heteroatoms. The van der Waals surface area contributed by atoms with E-state index in [-0.39, 0.29) is 12.6 Å². The van der Waals surface area contributed by atoms with Crippen molar-refractivity contribution in [3.05, 3.63) is 57.9 Å². The third-order valence-corrected chi connectivity index (χ3v) is 4.32. The Balaban J connectivity index is 2.00. The first kappa shape index (κ1) is 15.3. The van der Waals surface area contributed by atoms with Crippen LogP contribution in [0.25, 0.3) is 5.52 Å². The van der Waals surface area contributed by atoms with Crippen LogP contribution in [0.2, 0.25) is 5.02 Å². The Bertz CT molecular complexity index is 792. The first-order valence-electron chi connectivity index (χ1n) is 6.80. The quantitative estimate of drug-likeness (QED) is 0.708. The lowest BCUT2D eigenvalue weighted by molar-refractivity contribution is 0.280. The Labute approximate surface area is 141 Å². The maximum Gasteiger partial charge on any atom is 0.153 e. The van der Waals surface area contributed by atoms with E-state index in [1.807, 2.05) is 24.3 Å². The van der Waals surface area contributed by atoms with Gasteiger partial charge in [0, 0.05) is 24.0 Å². The molecule has 0 aliphatic heterocycles. The highest BCUT2D eigenvalue weighted by Gasteiger charge is 2.17. The van der Waals surface area contributed by atoms with Crippen molar-refractivity contribution < 1.29 is 5.11 Å². The highest BCUT2D eigenvalue weighted by molar-refractivity contribution is 9.10. The number of benzene rings is 1. The van der Waals surface area contributed by atoms with Crippen molar-refractivity contribution in [3.8, 4) is 0 Å². The van der Waals surface area contributed by atoms with Gasteiger partial charge in [-0.05, 0) is 34.0 Å². The van der Waals surface area contributed by atoms with Crippen LogP contribution in [0.4, 0.5) is 5.82 Å². The zero-order valence-corrected chi connectivity index (χ0v) is 13.9. The molecule has 3 rings (SSSR count). The molecule has 22 heavy (non-hydrogen) atoms. The number of aliphatic hydroxyl groups excluding tert-OH is 1. The molecule has 3 aromatic rings. The predicted molar refractivity (Wildman–Crippen MR) is 90.2 cm³/mol. The topological polar surface area (TPSA) is 62.5 Å². The summed E-state index contributed by atoms with van der Waals surface area (Å²) in [7, 11) is 0. The van der Waals surface area contributed by atoms with Crippen LogP contribution in [0.3, 0.4) is 0 Å². The molecule has 0 saturated heterocycles. The molecule has 0 saturated carbocycles. The van der Waals surface area contributed by atoms with E-state index in [4.69, 9.17) is 11.6 Å². The van der Waals surface area contributed by atoms with Gasteiger partial charge in [-0.3, -0.25) is 0 Å². The third-order valence-electron chi connectivity index (χ3n) is 3.40. The summed E-state index contributed by atoms with van der Waals surface area (Å²) in [5.74, 6) is 0.685. The van der Waals surface area contributed by atoms with E-state index in [0.717, 1.165) is 15.6 Å². The smallest absolute Gasteiger partial charge is 0.153 e. The van der Waals surface area contributed by atoms with Gasteiger partial charge in [-0.15, -0.1) is 0 Å². The average molecular weight is 382 g/mol. The van der Waals surface area contributed by atoms with E-state index in [0.29, 0.717) is 17.3 Å². The number of nitrogens with zero attached hydrogens (tertiary/aromatic N) is 3. The number of rotatable bonds is 5. The van der Waals surface area contributed by atoms with E-state index < -0.39 is 0 Å². The zero-order chi connectivity index (χ0) is 15.5. The summed E-state index contributed by atoms with van der Waals surface area (Å²) in [6.45, 7) is 0.0481. The minimum atomic E-state index is -0.140. The number of anilines is 1. The van der Waals surface area contributed by atoms with Crippen LogP contribution < -0.4 is 5.32 Å². The van der Waals surface area contributed by atoms with Gasteiger partial charge >= 0.3 is 0 Å². The van der Waals surface area contributed by atoms with Gasteiger partial charge in [-0.1, -0.05) is 29.8 Å². The maximum absolute atomic E-state index is 9.36. The fourth-order valence-corrected chi connectivity index (χ4v) is 3.10. The van der Waals surface area contributed by atoms with Crippen LogP contribution in [-0.2, 0) is 0 Å². The fraction of sp³-hybridized carbons (Fsp3) is 0.200. The number of hydrogen-bond acceptors (Lipinski definition) is 4. The molecule has 0 bridgehead atoms. The van der Waals surface area contributed by atoms with Gasteiger partial charge in [0.15, 0.2) is 5.82 Å². The number of hydrogen-bond donors (Lipinski definition) is 2. The Morgan fingerprint density at radius 2 is 2.18 bits per heavy atom. The lowest BCUT2D eigenvalue weighted by atomic mass is 10.0. The summed E-state index contributed by atoms with van der Waals surface area (Å²) < 4.78 is 2.59. The van der Waals surface area contributed by atoms with Crippen LogP contribution in [0, 0.1) is 0 Å². The van der Waals surface area contributed by atoms with Crippen LogP contribution in [0.1, 0.15) is 18.0 Å². The second-order valence-electron chi connectivity index (χ2n) is 4.79. The minimum Gasteiger partial charge on any atom is -0.396 e. The molecule has 1 atom stereocenters. The van der Waals surface area contributed by atoms with Crippen molar-refractivity contribution in [2.45, 2.75) is 12.5 Å². The lowest BCUT2D eigenvalue weighted by Gasteiger charge is -2.20. The zero-order valence-electron chi connectivity index (χ0n) is 11.6. The van der Waals surface area contributed by atoms with Crippen molar-refractivity contribution in [1.82, 2.24) is 14.6 Å². The number of aliphatic hydroxyl groups is 1. The Morgan fingerprint density at radius 3 is 2.95 bits per heavy atom. The first-order valence-corrected chi connectivity index (χ1v) is 7.97. The lowest BCUT2D eigenvalue weighted by Crippen LogP contribution is -2.14. The summed E-state index contributed by atoms with van der Waals surface area (Å²) in [5.41, 5.74) is 1.77. The van der Waals surface area contributed by atoms with Gasteiger partial charge in [0.1, 0.15) is 5.52 Å². The van der Waals surface area contributed by atoms with Crippen LogP contribution in [0.5, 0.6) is 0 Å². The number of fused-ring (bicyclic) bond motifs is 1. The van der Waals surface area contributed by atoms with Crippen LogP contribution in [0.15, 0.2) is 47.3 Å². The Morgan fingerprint density at radius 1 is 1.36 bits per heavy atom. The van der Waals surface area contributed by atoms with Gasteiger partial charge < -0.3 is 10.4 Å². The summed E-state index contributed by atoms with van der Waals surface area (Å²) in [4.78, 5) is 4.39. The second-order valence-corrected chi connectivity index (χ2v) is 6.05. The van der Waals surface area contributed by atoms with Crippen molar-refractivity contribution in [1.29, 1.82) is 0 Å². The molecule has 1 aromatic carbocycles. The van der Waals surface area contributed by atoms with Crippen molar-refractivity contribution in [3.63, 3.8) is 0 Å².